The molecule has 0 bridgehead atoms. The lowest BCUT2D eigenvalue weighted by Crippen LogP contribution is -2.54. The highest BCUT2D eigenvalue weighted by Gasteiger charge is 2.47. The van der Waals surface area contributed by atoms with Gasteiger partial charge in [-0.2, -0.15) is 0 Å². The monoisotopic (exact) mass is 507 g/mol. The fourth-order valence-electron chi connectivity index (χ4n) is 5.06. The number of methoxy groups -OCH3 is 1. The number of aromatic nitrogens is 1. The van der Waals surface area contributed by atoms with Gasteiger partial charge in [-0.05, 0) is 56.0 Å². The molecular formula is C29H34FN3O4. The number of carbonyl (C=O) groups excluding carboxylic acids is 2. The molecular weight excluding hydrogens is 473 g/mol. The van der Waals surface area contributed by atoms with E-state index < -0.39 is 11.7 Å². The highest BCUT2D eigenvalue weighted by Crippen LogP contribution is 2.42. The standard InChI is InChI=1S/C29H34FN3O4/c1-4-31-26(34)15-16-29(24-10-12-25(30)13-11-24)17-18-33(28(35)37-29)20(2)21-5-7-22(8-6-21)23-9-14-27(36-3)32-19-23/h5-10,12-14,19-20,24H,4,11,15-18H2,1-3H3,(H,31,34)/t20-,24?,29+/m0/s1. The second kappa shape index (κ2) is 11.6. The molecule has 7 nitrogen and oxygen atoms in total. The van der Waals surface area contributed by atoms with Crippen LogP contribution >= 0.6 is 0 Å². The molecule has 1 unspecified atom stereocenters. The minimum Gasteiger partial charge on any atom is -0.481 e. The van der Waals surface area contributed by atoms with Crippen LogP contribution in [-0.4, -0.2) is 47.7 Å². The molecule has 1 saturated heterocycles. The largest absolute Gasteiger partial charge is 0.481 e. The summed E-state index contributed by atoms with van der Waals surface area (Å²) in [6.07, 6.45) is 7.68. The maximum absolute atomic E-state index is 13.7. The number of halogens is 1. The lowest BCUT2D eigenvalue weighted by Gasteiger charge is -2.46. The summed E-state index contributed by atoms with van der Waals surface area (Å²) in [6.45, 7) is 4.87. The summed E-state index contributed by atoms with van der Waals surface area (Å²) < 4.78 is 24.9. The summed E-state index contributed by atoms with van der Waals surface area (Å²) in [7, 11) is 1.58. The summed E-state index contributed by atoms with van der Waals surface area (Å²) >= 11 is 0. The quantitative estimate of drug-likeness (QED) is 0.468. The average molecular weight is 508 g/mol. The maximum atomic E-state index is 13.7. The van der Waals surface area contributed by atoms with Gasteiger partial charge >= 0.3 is 6.09 Å². The lowest BCUT2D eigenvalue weighted by molar-refractivity contribution is -0.125. The van der Waals surface area contributed by atoms with Crippen molar-refractivity contribution in [3.05, 3.63) is 72.2 Å². The van der Waals surface area contributed by atoms with Gasteiger partial charge in [0, 0.05) is 49.7 Å². The molecule has 1 aliphatic carbocycles. The van der Waals surface area contributed by atoms with E-state index in [1.165, 1.54) is 12.2 Å². The molecule has 3 atom stereocenters. The molecule has 1 N–H and O–H groups in total. The molecule has 8 heteroatoms. The molecule has 2 amide bonds. The first-order chi connectivity index (χ1) is 17.8. The molecule has 196 valence electrons. The number of pyridine rings is 1. The van der Waals surface area contributed by atoms with Crippen LogP contribution in [0.15, 0.2) is 66.6 Å². The van der Waals surface area contributed by atoms with Crippen molar-refractivity contribution in [2.75, 3.05) is 20.2 Å². The Kier molecular flexibility index (Phi) is 8.26. The minimum absolute atomic E-state index is 0.0811. The Balaban J connectivity index is 1.47. The van der Waals surface area contributed by atoms with E-state index in [1.54, 1.807) is 24.3 Å². The molecule has 1 aliphatic heterocycles. The maximum Gasteiger partial charge on any atom is 0.410 e. The molecule has 0 radical (unpaired) electrons. The van der Waals surface area contributed by atoms with Gasteiger partial charge in [0.25, 0.3) is 0 Å². The van der Waals surface area contributed by atoms with Gasteiger partial charge in [-0.15, -0.1) is 0 Å². The third kappa shape index (κ3) is 6.01. The van der Waals surface area contributed by atoms with E-state index in [-0.39, 0.29) is 30.1 Å². The molecule has 2 heterocycles. The van der Waals surface area contributed by atoms with Crippen molar-refractivity contribution in [2.24, 2.45) is 5.92 Å². The minimum atomic E-state index is -0.850. The zero-order valence-corrected chi connectivity index (χ0v) is 21.6. The van der Waals surface area contributed by atoms with Crippen LogP contribution in [0.1, 0.15) is 51.1 Å². The molecule has 0 saturated carbocycles. The van der Waals surface area contributed by atoms with Crippen LogP contribution in [0.2, 0.25) is 0 Å². The van der Waals surface area contributed by atoms with Gasteiger partial charge in [0.05, 0.1) is 13.2 Å². The number of carbonyl (C=O) groups is 2. The Bertz CT molecular complexity index is 1160. The number of hydrogen-bond acceptors (Lipinski definition) is 5. The topological polar surface area (TPSA) is 80.8 Å². The van der Waals surface area contributed by atoms with Gasteiger partial charge in [-0.3, -0.25) is 4.79 Å². The van der Waals surface area contributed by atoms with E-state index in [0.717, 1.165) is 16.7 Å². The van der Waals surface area contributed by atoms with E-state index >= 15 is 0 Å². The number of benzene rings is 1. The number of nitrogens with one attached hydrogen (secondary N) is 1. The van der Waals surface area contributed by atoms with Crippen LogP contribution < -0.4 is 10.1 Å². The predicted octanol–water partition coefficient (Wildman–Crippen LogP) is 5.75. The Labute approximate surface area is 217 Å². The smallest absolute Gasteiger partial charge is 0.410 e. The van der Waals surface area contributed by atoms with E-state index in [4.69, 9.17) is 9.47 Å². The first-order valence-corrected chi connectivity index (χ1v) is 12.8. The van der Waals surface area contributed by atoms with E-state index in [9.17, 15) is 14.0 Å². The number of cyclic esters (lactones) is 1. The normalized spacial score (nSPS) is 22.2. The van der Waals surface area contributed by atoms with Crippen molar-refractivity contribution in [3.8, 4) is 17.0 Å². The number of allylic oxidation sites excluding steroid dienone is 3. The van der Waals surface area contributed by atoms with Crippen LogP contribution in [0.4, 0.5) is 9.18 Å². The van der Waals surface area contributed by atoms with Gasteiger partial charge < -0.3 is 19.7 Å². The zero-order chi connectivity index (χ0) is 26.4. The molecule has 2 aromatic rings. The summed E-state index contributed by atoms with van der Waals surface area (Å²) in [5.41, 5.74) is 2.12. The highest BCUT2D eigenvalue weighted by atomic mass is 19.1. The Hall–Kier alpha value is -3.68. The van der Waals surface area contributed by atoms with Crippen LogP contribution in [0, 0.1) is 5.92 Å². The van der Waals surface area contributed by atoms with Crippen molar-refractivity contribution in [3.63, 3.8) is 0 Å². The van der Waals surface area contributed by atoms with Crippen molar-refractivity contribution in [2.45, 2.75) is 51.2 Å². The third-order valence-electron chi connectivity index (χ3n) is 7.32. The zero-order valence-electron chi connectivity index (χ0n) is 21.6. The van der Waals surface area contributed by atoms with Crippen molar-refractivity contribution >= 4 is 12.0 Å². The fourth-order valence-corrected chi connectivity index (χ4v) is 5.06. The van der Waals surface area contributed by atoms with Gasteiger partial charge in [0.1, 0.15) is 11.4 Å². The Morgan fingerprint density at radius 1 is 1.27 bits per heavy atom. The SMILES string of the molecule is CCNC(=O)CC[C@]1(C2C=CC(F)=CC2)CCN([C@@H](C)c2ccc(-c3ccc(OC)nc3)cc2)C(=O)O1. The summed E-state index contributed by atoms with van der Waals surface area (Å²) in [4.78, 5) is 31.5. The second-order valence-electron chi connectivity index (χ2n) is 9.51. The Morgan fingerprint density at radius 3 is 2.62 bits per heavy atom. The van der Waals surface area contributed by atoms with Crippen LogP contribution in [0.3, 0.4) is 0 Å². The van der Waals surface area contributed by atoms with Crippen molar-refractivity contribution in [1.82, 2.24) is 15.2 Å². The number of rotatable bonds is 9. The van der Waals surface area contributed by atoms with Gasteiger partial charge in [-0.1, -0.05) is 30.3 Å². The number of hydrogen-bond donors (Lipinski definition) is 1. The van der Waals surface area contributed by atoms with E-state index in [2.05, 4.69) is 10.3 Å². The van der Waals surface area contributed by atoms with Crippen LogP contribution in [-0.2, 0) is 9.53 Å². The summed E-state index contributed by atoms with van der Waals surface area (Å²) in [5.74, 6) is 0.00790. The first kappa shape index (κ1) is 26.4. The predicted molar refractivity (Wildman–Crippen MR) is 140 cm³/mol. The number of amides is 2. The van der Waals surface area contributed by atoms with Crippen molar-refractivity contribution in [1.29, 1.82) is 0 Å². The third-order valence-corrected chi connectivity index (χ3v) is 7.32. The number of ether oxygens (including phenoxy) is 2. The van der Waals surface area contributed by atoms with Crippen molar-refractivity contribution < 1.29 is 23.5 Å². The number of nitrogens with zero attached hydrogens (tertiary/aromatic N) is 2. The Morgan fingerprint density at radius 2 is 2.03 bits per heavy atom. The molecule has 4 rings (SSSR count). The molecule has 37 heavy (non-hydrogen) atoms. The van der Waals surface area contributed by atoms with Crippen LogP contribution in [0.5, 0.6) is 5.88 Å². The van der Waals surface area contributed by atoms with Gasteiger partial charge in [0.2, 0.25) is 11.8 Å². The molecule has 1 aromatic carbocycles. The van der Waals surface area contributed by atoms with Crippen LogP contribution in [0.25, 0.3) is 11.1 Å². The summed E-state index contributed by atoms with van der Waals surface area (Å²) in [5, 5.41) is 2.80. The lowest BCUT2D eigenvalue weighted by atomic mass is 9.76. The molecule has 1 fully saturated rings. The molecule has 0 spiro atoms. The van der Waals surface area contributed by atoms with Gasteiger partial charge in [0.15, 0.2) is 0 Å². The highest BCUT2D eigenvalue weighted by molar-refractivity contribution is 5.76. The van der Waals surface area contributed by atoms with E-state index in [1.807, 2.05) is 50.2 Å². The van der Waals surface area contributed by atoms with E-state index in [0.29, 0.717) is 38.2 Å². The first-order valence-electron chi connectivity index (χ1n) is 12.8. The van der Waals surface area contributed by atoms with Gasteiger partial charge in [-0.25, -0.2) is 14.2 Å². The summed E-state index contributed by atoms with van der Waals surface area (Å²) in [6, 6.07) is 11.6. The second-order valence-corrected chi connectivity index (χ2v) is 9.51. The fraction of sp³-hybridized carbons (Fsp3) is 0.414. The molecule has 2 aliphatic rings. The molecule has 1 aromatic heterocycles. The average Bonchev–Trinajstić information content (AvgIpc) is 2.92.